The van der Waals surface area contributed by atoms with E-state index in [2.05, 4.69) is 39.8 Å². The van der Waals surface area contributed by atoms with E-state index < -0.39 is 0 Å². The maximum Gasteiger partial charge on any atom is 0.139 e. The first kappa shape index (κ1) is 19.8. The number of Topliss-reactive ketones (excluding diaryl/α,β-unsaturated/α-hetero) is 1. The molecule has 0 radical (unpaired) electrons. The summed E-state index contributed by atoms with van der Waals surface area (Å²) in [5.74, 6) is 2.93. The molecule has 9 atom stereocenters. The van der Waals surface area contributed by atoms with Gasteiger partial charge in [-0.2, -0.15) is 0 Å². The zero-order valence-corrected chi connectivity index (χ0v) is 17.9. The molecule has 4 fully saturated rings. The van der Waals surface area contributed by atoms with Gasteiger partial charge in [-0.15, -0.1) is 0 Å². The summed E-state index contributed by atoms with van der Waals surface area (Å²) in [6.45, 7) is 6.84. The number of rotatable bonds is 3. The van der Waals surface area contributed by atoms with Crippen molar-refractivity contribution in [2.75, 3.05) is 14.1 Å². The lowest BCUT2D eigenvalue weighted by Crippen LogP contribution is -2.60. The Morgan fingerprint density at radius 2 is 1.85 bits per heavy atom. The number of carbonyl (C=O) groups is 1. The average molecular weight is 378 g/mol. The van der Waals surface area contributed by atoms with Crippen LogP contribution in [-0.2, 0) is 9.53 Å². The molecule has 0 aliphatic heterocycles. The van der Waals surface area contributed by atoms with Gasteiger partial charge in [0.1, 0.15) is 12.0 Å². The normalized spacial score (nSPS) is 50.9. The van der Waals surface area contributed by atoms with Gasteiger partial charge >= 0.3 is 0 Å². The molecule has 4 rings (SSSR count). The van der Waals surface area contributed by atoms with Crippen LogP contribution in [0.25, 0.3) is 0 Å². The lowest BCUT2D eigenvalue weighted by Gasteiger charge is -2.62. The highest BCUT2D eigenvalue weighted by molar-refractivity contribution is 5.87. The summed E-state index contributed by atoms with van der Waals surface area (Å²) in [5.41, 5.74) is 0.0607. The van der Waals surface area contributed by atoms with E-state index in [9.17, 15) is 9.90 Å². The second-order valence-electron chi connectivity index (χ2n) is 10.7. The molecule has 4 heteroatoms. The molecule has 0 aromatic heterocycles. The Bertz CT molecular complexity index is 592. The summed E-state index contributed by atoms with van der Waals surface area (Å²) in [5, 5.41) is 10.6. The Labute approximate surface area is 165 Å². The van der Waals surface area contributed by atoms with Crippen LogP contribution in [0.15, 0.2) is 0 Å². The standard InChI is InChI=1S/C23H39NO3/c1-14(24(4)5)27-21-13-16(25)12-15-6-7-17-18-8-9-20(26)22(18,2)11-10-19(17)23(15,21)3/h14-19,21,25H,6-13H2,1-5H3/t14?,15-,16-,17-,18-,19-,21?,22-,23-/m0/s1. The van der Waals surface area contributed by atoms with Gasteiger partial charge in [-0.3, -0.25) is 9.69 Å². The van der Waals surface area contributed by atoms with Crippen LogP contribution >= 0.6 is 0 Å². The number of aliphatic hydroxyl groups is 1. The zero-order chi connectivity index (χ0) is 19.6. The number of nitrogens with zero attached hydrogens (tertiary/aromatic N) is 1. The number of fused-ring (bicyclic) bond motifs is 5. The highest BCUT2D eigenvalue weighted by Gasteiger charge is 2.62. The minimum atomic E-state index is -0.235. The van der Waals surface area contributed by atoms with E-state index in [4.69, 9.17) is 4.74 Å². The minimum absolute atomic E-state index is 0.0556. The van der Waals surface area contributed by atoms with Gasteiger partial charge < -0.3 is 9.84 Å². The maximum atomic E-state index is 12.6. The van der Waals surface area contributed by atoms with Crippen molar-refractivity contribution in [1.29, 1.82) is 0 Å². The SMILES string of the molecule is CC(OC1C[C@@H](O)C[C@@H]2CC[C@@H]3[C@H](CC[C@]4(C)C(=O)CC[C@@H]34)[C@@]12C)N(C)C. The Hall–Kier alpha value is -0.450. The van der Waals surface area contributed by atoms with Crippen LogP contribution < -0.4 is 0 Å². The summed E-state index contributed by atoms with van der Waals surface area (Å²) in [6, 6.07) is 0. The van der Waals surface area contributed by atoms with Gasteiger partial charge in [0.25, 0.3) is 0 Å². The molecule has 0 aromatic carbocycles. The fraction of sp³-hybridized carbons (Fsp3) is 0.957. The Morgan fingerprint density at radius 3 is 2.56 bits per heavy atom. The largest absolute Gasteiger partial charge is 0.393 e. The minimum Gasteiger partial charge on any atom is -0.393 e. The summed E-state index contributed by atoms with van der Waals surface area (Å²) >= 11 is 0. The molecule has 0 aromatic rings. The van der Waals surface area contributed by atoms with Gasteiger partial charge in [0, 0.05) is 18.3 Å². The molecule has 4 aliphatic carbocycles. The van der Waals surface area contributed by atoms with E-state index in [1.807, 2.05) is 0 Å². The molecule has 0 amide bonds. The van der Waals surface area contributed by atoms with Crippen LogP contribution in [0.2, 0.25) is 0 Å². The van der Waals surface area contributed by atoms with Crippen molar-refractivity contribution in [3.05, 3.63) is 0 Å². The predicted octanol–water partition coefficient (Wildman–Crippen LogP) is 3.86. The Morgan fingerprint density at radius 1 is 1.11 bits per heavy atom. The number of carbonyl (C=O) groups excluding carboxylic acids is 1. The predicted molar refractivity (Wildman–Crippen MR) is 106 cm³/mol. The van der Waals surface area contributed by atoms with Crippen LogP contribution in [0.1, 0.15) is 72.1 Å². The third-order valence-corrected chi connectivity index (χ3v) is 9.50. The summed E-state index contributed by atoms with van der Waals surface area (Å²) in [6.07, 6.45) is 8.14. The maximum absolute atomic E-state index is 12.6. The Balaban J connectivity index is 1.64. The van der Waals surface area contributed by atoms with E-state index in [1.54, 1.807) is 0 Å². The first-order chi connectivity index (χ1) is 12.7. The number of aliphatic hydroxyl groups excluding tert-OH is 1. The molecule has 0 spiro atoms. The van der Waals surface area contributed by atoms with Crippen LogP contribution in [0, 0.1) is 34.5 Å². The van der Waals surface area contributed by atoms with Gasteiger partial charge in [0.05, 0.1) is 12.2 Å². The molecule has 0 saturated heterocycles. The van der Waals surface area contributed by atoms with Crippen LogP contribution in [0.3, 0.4) is 0 Å². The molecule has 1 N–H and O–H groups in total. The molecule has 4 aliphatic rings. The smallest absolute Gasteiger partial charge is 0.139 e. The van der Waals surface area contributed by atoms with Gasteiger partial charge in [-0.05, 0) is 88.6 Å². The quantitative estimate of drug-likeness (QED) is 0.759. The molecule has 4 nitrogen and oxygen atoms in total. The van der Waals surface area contributed by atoms with Gasteiger partial charge in [-0.1, -0.05) is 13.8 Å². The van der Waals surface area contributed by atoms with Crippen molar-refractivity contribution in [3.8, 4) is 0 Å². The topological polar surface area (TPSA) is 49.8 Å². The molecule has 154 valence electrons. The fourth-order valence-corrected chi connectivity index (χ4v) is 7.60. The monoisotopic (exact) mass is 377 g/mol. The second kappa shape index (κ2) is 6.81. The van der Waals surface area contributed by atoms with Crippen LogP contribution in [0.4, 0.5) is 0 Å². The van der Waals surface area contributed by atoms with E-state index in [-0.39, 0.29) is 29.3 Å². The van der Waals surface area contributed by atoms with E-state index in [1.165, 1.54) is 12.8 Å². The molecular formula is C23H39NO3. The highest BCUT2D eigenvalue weighted by Crippen LogP contribution is 2.65. The van der Waals surface area contributed by atoms with Crippen LogP contribution in [-0.4, -0.2) is 48.3 Å². The average Bonchev–Trinajstić information content (AvgIpc) is 2.91. The van der Waals surface area contributed by atoms with Crippen molar-refractivity contribution >= 4 is 5.78 Å². The van der Waals surface area contributed by atoms with E-state index in [0.717, 1.165) is 38.5 Å². The summed E-state index contributed by atoms with van der Waals surface area (Å²) < 4.78 is 6.60. The van der Waals surface area contributed by atoms with Crippen molar-refractivity contribution in [2.24, 2.45) is 34.5 Å². The van der Waals surface area contributed by atoms with Crippen molar-refractivity contribution in [2.45, 2.75) is 90.6 Å². The first-order valence-corrected chi connectivity index (χ1v) is 11.2. The molecule has 0 heterocycles. The van der Waals surface area contributed by atoms with Gasteiger partial charge in [0.2, 0.25) is 0 Å². The number of ether oxygens (including phenoxy) is 1. The van der Waals surface area contributed by atoms with Gasteiger partial charge in [0.15, 0.2) is 0 Å². The molecule has 0 bridgehead atoms. The van der Waals surface area contributed by atoms with Crippen molar-refractivity contribution < 1.29 is 14.6 Å². The summed E-state index contributed by atoms with van der Waals surface area (Å²) in [7, 11) is 4.12. The van der Waals surface area contributed by atoms with Gasteiger partial charge in [-0.25, -0.2) is 0 Å². The van der Waals surface area contributed by atoms with E-state index >= 15 is 0 Å². The number of hydrogen-bond donors (Lipinski definition) is 1. The molecule has 27 heavy (non-hydrogen) atoms. The lowest BCUT2D eigenvalue weighted by atomic mass is 9.44. The number of hydrogen-bond acceptors (Lipinski definition) is 4. The van der Waals surface area contributed by atoms with Crippen molar-refractivity contribution in [3.63, 3.8) is 0 Å². The fourth-order valence-electron chi connectivity index (χ4n) is 7.60. The molecule has 2 unspecified atom stereocenters. The second-order valence-corrected chi connectivity index (χ2v) is 10.7. The zero-order valence-electron chi connectivity index (χ0n) is 17.9. The highest BCUT2D eigenvalue weighted by atomic mass is 16.5. The number of ketones is 1. The lowest BCUT2D eigenvalue weighted by molar-refractivity contribution is -0.220. The molecular weight excluding hydrogens is 338 g/mol. The van der Waals surface area contributed by atoms with Crippen molar-refractivity contribution in [1.82, 2.24) is 4.90 Å². The first-order valence-electron chi connectivity index (χ1n) is 11.2. The van der Waals surface area contributed by atoms with E-state index in [0.29, 0.717) is 29.5 Å². The summed E-state index contributed by atoms with van der Waals surface area (Å²) in [4.78, 5) is 14.8. The van der Waals surface area contributed by atoms with Crippen LogP contribution in [0.5, 0.6) is 0 Å². The third kappa shape index (κ3) is 2.93. The Kier molecular flexibility index (Phi) is 5.01. The molecule has 4 saturated carbocycles. The third-order valence-electron chi connectivity index (χ3n) is 9.50.